The van der Waals surface area contributed by atoms with E-state index in [1.807, 2.05) is 0 Å². The van der Waals surface area contributed by atoms with Crippen LogP contribution in [0.4, 0.5) is 0 Å². The molecule has 1 aliphatic carbocycles. The summed E-state index contributed by atoms with van der Waals surface area (Å²) in [5, 5.41) is 0. The maximum absolute atomic E-state index is 6.07. The number of hydrogen-bond acceptors (Lipinski definition) is 1. The maximum atomic E-state index is 6.07. The molecule has 0 N–H and O–H groups in total. The highest BCUT2D eigenvalue weighted by Crippen LogP contribution is 2.32. The van der Waals surface area contributed by atoms with E-state index in [1.54, 1.807) is 0 Å². The summed E-state index contributed by atoms with van der Waals surface area (Å²) < 4.78 is 6.07. The van der Waals surface area contributed by atoms with Crippen molar-refractivity contribution < 1.29 is 4.74 Å². The van der Waals surface area contributed by atoms with Crippen LogP contribution in [0, 0.1) is 11.8 Å². The molecule has 0 aromatic rings. The lowest BCUT2D eigenvalue weighted by atomic mass is 9.87. The second kappa shape index (κ2) is 5.89. The summed E-state index contributed by atoms with van der Waals surface area (Å²) in [7, 11) is 0. The zero-order valence-electron chi connectivity index (χ0n) is 10.2. The fourth-order valence-corrected chi connectivity index (χ4v) is 3.26. The summed E-state index contributed by atoms with van der Waals surface area (Å²) in [5.74, 6) is 1.77. The molecular formula is C14H26O. The van der Waals surface area contributed by atoms with Gasteiger partial charge in [-0.2, -0.15) is 0 Å². The predicted molar refractivity (Wildman–Crippen MR) is 63.9 cm³/mol. The molecule has 0 amide bonds. The first-order valence-electron chi connectivity index (χ1n) is 6.98. The Kier molecular flexibility index (Phi) is 4.49. The van der Waals surface area contributed by atoms with Gasteiger partial charge in [0.15, 0.2) is 0 Å². The van der Waals surface area contributed by atoms with Gasteiger partial charge in [0.05, 0.1) is 6.10 Å². The summed E-state index contributed by atoms with van der Waals surface area (Å²) in [5.41, 5.74) is 0. The van der Waals surface area contributed by atoms with E-state index in [1.165, 1.54) is 57.8 Å². The van der Waals surface area contributed by atoms with Crippen molar-refractivity contribution in [1.82, 2.24) is 0 Å². The van der Waals surface area contributed by atoms with E-state index in [2.05, 4.69) is 6.92 Å². The van der Waals surface area contributed by atoms with Gasteiger partial charge in [-0.15, -0.1) is 0 Å². The number of rotatable bonds is 1. The van der Waals surface area contributed by atoms with Gasteiger partial charge >= 0.3 is 0 Å². The molecular weight excluding hydrogens is 184 g/mol. The van der Waals surface area contributed by atoms with Crippen LogP contribution in [0.15, 0.2) is 0 Å². The van der Waals surface area contributed by atoms with Gasteiger partial charge in [-0.1, -0.05) is 32.6 Å². The van der Waals surface area contributed by atoms with E-state index >= 15 is 0 Å². The molecule has 2 aliphatic rings. The molecule has 1 saturated heterocycles. The van der Waals surface area contributed by atoms with E-state index in [0.717, 1.165) is 18.4 Å². The van der Waals surface area contributed by atoms with Crippen LogP contribution in [-0.2, 0) is 4.74 Å². The molecule has 1 aliphatic heterocycles. The van der Waals surface area contributed by atoms with Crippen molar-refractivity contribution in [2.24, 2.45) is 11.8 Å². The highest BCUT2D eigenvalue weighted by molar-refractivity contribution is 4.77. The molecule has 0 radical (unpaired) electrons. The third-order valence-corrected chi connectivity index (χ3v) is 4.23. The molecule has 2 rings (SSSR count). The van der Waals surface area contributed by atoms with Crippen molar-refractivity contribution in [3.63, 3.8) is 0 Å². The minimum Gasteiger partial charge on any atom is -0.378 e. The molecule has 2 unspecified atom stereocenters. The lowest BCUT2D eigenvalue weighted by molar-refractivity contribution is 0.00774. The lowest BCUT2D eigenvalue weighted by Crippen LogP contribution is -2.24. The molecule has 1 heterocycles. The second-order valence-corrected chi connectivity index (χ2v) is 5.64. The Hall–Kier alpha value is -0.0400. The number of ether oxygens (including phenoxy) is 1. The smallest absolute Gasteiger partial charge is 0.0605 e. The average Bonchev–Trinajstić information content (AvgIpc) is 2.59. The van der Waals surface area contributed by atoms with Crippen molar-refractivity contribution in [3.8, 4) is 0 Å². The Morgan fingerprint density at radius 2 is 1.60 bits per heavy atom. The fourth-order valence-electron chi connectivity index (χ4n) is 3.26. The van der Waals surface area contributed by atoms with Gasteiger partial charge in [-0.3, -0.25) is 0 Å². The fraction of sp³-hybridized carbons (Fsp3) is 1.00. The normalized spacial score (nSPS) is 35.8. The maximum Gasteiger partial charge on any atom is 0.0605 e. The topological polar surface area (TPSA) is 9.23 Å². The van der Waals surface area contributed by atoms with Gasteiger partial charge < -0.3 is 4.74 Å². The first-order valence-corrected chi connectivity index (χ1v) is 6.98. The van der Waals surface area contributed by atoms with Crippen molar-refractivity contribution in [2.45, 2.75) is 70.8 Å². The molecule has 1 saturated carbocycles. The summed E-state index contributed by atoms with van der Waals surface area (Å²) in [6.45, 7) is 3.42. The van der Waals surface area contributed by atoms with Crippen LogP contribution in [0.2, 0.25) is 0 Å². The minimum absolute atomic E-state index is 0.598. The first-order chi connectivity index (χ1) is 7.36. The van der Waals surface area contributed by atoms with Crippen LogP contribution < -0.4 is 0 Å². The molecule has 0 aromatic carbocycles. The number of hydrogen-bond donors (Lipinski definition) is 0. The third-order valence-electron chi connectivity index (χ3n) is 4.23. The summed E-state index contributed by atoms with van der Waals surface area (Å²) >= 11 is 0. The van der Waals surface area contributed by atoms with Gasteiger partial charge in [0.1, 0.15) is 0 Å². The summed E-state index contributed by atoms with van der Waals surface area (Å²) in [6, 6.07) is 0. The Bertz CT molecular complexity index is 170. The largest absolute Gasteiger partial charge is 0.378 e. The zero-order valence-corrected chi connectivity index (χ0v) is 10.2. The van der Waals surface area contributed by atoms with Crippen LogP contribution in [-0.4, -0.2) is 12.7 Å². The van der Waals surface area contributed by atoms with E-state index < -0.39 is 0 Å². The van der Waals surface area contributed by atoms with Crippen LogP contribution in [0.3, 0.4) is 0 Å². The molecule has 0 spiro atoms. The van der Waals surface area contributed by atoms with Gasteiger partial charge in [0.25, 0.3) is 0 Å². The second-order valence-electron chi connectivity index (χ2n) is 5.64. The van der Waals surface area contributed by atoms with Gasteiger partial charge in [-0.05, 0) is 43.9 Å². The third kappa shape index (κ3) is 3.48. The molecule has 1 nitrogen and oxygen atoms in total. The van der Waals surface area contributed by atoms with E-state index in [0.29, 0.717) is 6.10 Å². The lowest BCUT2D eigenvalue weighted by Gasteiger charge is -2.26. The van der Waals surface area contributed by atoms with Crippen LogP contribution >= 0.6 is 0 Å². The Morgan fingerprint density at radius 1 is 0.867 bits per heavy atom. The van der Waals surface area contributed by atoms with Crippen molar-refractivity contribution in [3.05, 3.63) is 0 Å². The molecule has 15 heavy (non-hydrogen) atoms. The Morgan fingerprint density at radius 3 is 2.33 bits per heavy atom. The predicted octanol–water partition coefficient (Wildman–Crippen LogP) is 4.16. The van der Waals surface area contributed by atoms with E-state index in [-0.39, 0.29) is 0 Å². The van der Waals surface area contributed by atoms with E-state index in [9.17, 15) is 0 Å². The van der Waals surface area contributed by atoms with Gasteiger partial charge in [0.2, 0.25) is 0 Å². The quantitative estimate of drug-likeness (QED) is 0.590. The molecule has 1 heteroatoms. The Labute approximate surface area is 94.6 Å². The average molecular weight is 210 g/mol. The van der Waals surface area contributed by atoms with Crippen LogP contribution in [0.25, 0.3) is 0 Å². The van der Waals surface area contributed by atoms with Crippen LogP contribution in [0.1, 0.15) is 64.7 Å². The highest BCUT2D eigenvalue weighted by Gasteiger charge is 2.26. The molecule has 0 aromatic heterocycles. The van der Waals surface area contributed by atoms with E-state index in [4.69, 9.17) is 4.74 Å². The first kappa shape index (κ1) is 11.4. The van der Waals surface area contributed by atoms with Gasteiger partial charge in [0, 0.05) is 6.61 Å². The van der Waals surface area contributed by atoms with Crippen molar-refractivity contribution >= 4 is 0 Å². The molecule has 88 valence electrons. The van der Waals surface area contributed by atoms with Crippen molar-refractivity contribution in [1.29, 1.82) is 0 Å². The molecule has 0 bridgehead atoms. The molecule has 2 atom stereocenters. The minimum atomic E-state index is 0.598. The summed E-state index contributed by atoms with van der Waals surface area (Å²) in [4.78, 5) is 0. The standard InChI is InChI=1S/C14H26O/c1-12-7-6-10-15-14(11-12)13-8-4-2-3-5-9-13/h12-14H,2-11H2,1H3. The van der Waals surface area contributed by atoms with Crippen LogP contribution in [0.5, 0.6) is 0 Å². The zero-order chi connectivity index (χ0) is 10.5. The van der Waals surface area contributed by atoms with Gasteiger partial charge in [-0.25, -0.2) is 0 Å². The monoisotopic (exact) mass is 210 g/mol. The Balaban J connectivity index is 1.88. The summed E-state index contributed by atoms with van der Waals surface area (Å²) in [6.07, 6.45) is 13.2. The highest BCUT2D eigenvalue weighted by atomic mass is 16.5. The molecule has 2 fully saturated rings. The SMILES string of the molecule is CC1CCCOC(C2CCCCCC2)C1. The van der Waals surface area contributed by atoms with Crippen molar-refractivity contribution in [2.75, 3.05) is 6.61 Å².